The fraction of sp³-hybridized carbons (Fsp3) is 0. The molecule has 0 radical (unpaired) electrons. The van der Waals surface area contributed by atoms with Crippen molar-refractivity contribution in [3.05, 3.63) is 176 Å². The van der Waals surface area contributed by atoms with Crippen molar-refractivity contribution in [1.82, 2.24) is 0 Å². The fourth-order valence-corrected chi connectivity index (χ4v) is 9.70. The Morgan fingerprint density at radius 3 is 1.90 bits per heavy atom. The van der Waals surface area contributed by atoms with Crippen LogP contribution in [0, 0.1) is 0 Å². The molecule has 0 aliphatic rings. The first-order valence-electron chi connectivity index (χ1n) is 16.6. The van der Waals surface area contributed by atoms with E-state index < -0.39 is 0 Å². The minimum Gasteiger partial charge on any atom is -0.309 e. The van der Waals surface area contributed by atoms with E-state index in [1.54, 1.807) is 0 Å². The highest BCUT2D eigenvalue weighted by atomic mass is 32.1. The van der Waals surface area contributed by atoms with Gasteiger partial charge in [-0.2, -0.15) is 0 Å². The molecule has 0 spiro atoms. The second-order valence-corrected chi connectivity index (χ2v) is 14.6. The van der Waals surface area contributed by atoms with Crippen molar-refractivity contribution >= 4 is 90.9 Å². The summed E-state index contributed by atoms with van der Waals surface area (Å²) >= 11 is 3.76. The van der Waals surface area contributed by atoms with E-state index in [0.29, 0.717) is 0 Å². The van der Waals surface area contributed by atoms with Gasteiger partial charge in [0, 0.05) is 47.0 Å². The van der Waals surface area contributed by atoms with Crippen molar-refractivity contribution in [2.75, 3.05) is 4.90 Å². The van der Waals surface area contributed by atoms with Crippen molar-refractivity contribution in [3.63, 3.8) is 0 Å². The zero-order valence-electron chi connectivity index (χ0n) is 26.5. The maximum Gasteiger partial charge on any atom is 0.0640 e. The van der Waals surface area contributed by atoms with Gasteiger partial charge >= 0.3 is 0 Å². The number of benzene rings is 8. The maximum atomic E-state index is 2.45. The van der Waals surface area contributed by atoms with Gasteiger partial charge in [-0.3, -0.25) is 0 Å². The fourth-order valence-electron chi connectivity index (χ4n) is 7.28. The molecule has 2 heterocycles. The normalized spacial score (nSPS) is 11.7. The molecule has 8 aromatic carbocycles. The molecule has 0 aliphatic carbocycles. The van der Waals surface area contributed by atoms with Crippen molar-refractivity contribution in [3.8, 4) is 22.3 Å². The second kappa shape index (κ2) is 11.5. The molecular weight excluding hydrogens is 631 g/mol. The summed E-state index contributed by atoms with van der Waals surface area (Å²) in [5.74, 6) is 0. The van der Waals surface area contributed by atoms with E-state index in [0.717, 1.165) is 11.4 Å². The van der Waals surface area contributed by atoms with E-state index in [9.17, 15) is 0 Å². The minimum absolute atomic E-state index is 1.14. The van der Waals surface area contributed by atoms with E-state index in [1.165, 1.54) is 79.1 Å². The molecule has 0 aliphatic heterocycles. The van der Waals surface area contributed by atoms with Crippen LogP contribution in [0.25, 0.3) is 73.4 Å². The van der Waals surface area contributed by atoms with Crippen LogP contribution < -0.4 is 4.90 Å². The van der Waals surface area contributed by atoms with Gasteiger partial charge in [0.15, 0.2) is 0 Å². The van der Waals surface area contributed by atoms with E-state index in [2.05, 4.69) is 181 Å². The van der Waals surface area contributed by atoms with Gasteiger partial charge in [0.1, 0.15) is 0 Å². The molecule has 0 saturated heterocycles. The molecule has 0 fully saturated rings. The molecule has 0 unspecified atom stereocenters. The van der Waals surface area contributed by atoms with Crippen LogP contribution in [0.3, 0.4) is 0 Å². The van der Waals surface area contributed by atoms with E-state index >= 15 is 0 Å². The third-order valence-corrected chi connectivity index (χ3v) is 12.1. The van der Waals surface area contributed by atoms with Gasteiger partial charge in [0.2, 0.25) is 0 Å². The first kappa shape index (κ1) is 28.3. The predicted molar refractivity (Wildman–Crippen MR) is 215 cm³/mol. The van der Waals surface area contributed by atoms with E-state index in [-0.39, 0.29) is 0 Å². The molecule has 1 nitrogen and oxygen atoms in total. The average molecular weight is 660 g/mol. The van der Waals surface area contributed by atoms with E-state index in [4.69, 9.17) is 0 Å². The smallest absolute Gasteiger partial charge is 0.0640 e. The summed E-state index contributed by atoms with van der Waals surface area (Å²) in [5.41, 5.74) is 8.44. The highest BCUT2D eigenvalue weighted by Gasteiger charge is 2.20. The molecule has 0 atom stereocenters. The molecule has 10 rings (SSSR count). The average Bonchev–Trinajstić information content (AvgIpc) is 3.74. The van der Waals surface area contributed by atoms with Gasteiger partial charge in [-0.1, -0.05) is 127 Å². The summed E-state index contributed by atoms with van der Waals surface area (Å²) in [7, 11) is 0. The van der Waals surface area contributed by atoms with Crippen molar-refractivity contribution < 1.29 is 0 Å². The third-order valence-electron chi connectivity index (χ3n) is 9.66. The van der Waals surface area contributed by atoms with Gasteiger partial charge < -0.3 is 4.90 Å². The Balaban J connectivity index is 1.18. The van der Waals surface area contributed by atoms with Crippen molar-refractivity contribution in [2.45, 2.75) is 0 Å². The lowest BCUT2D eigenvalue weighted by Gasteiger charge is -2.26. The Morgan fingerprint density at radius 2 is 1.02 bits per heavy atom. The standard InChI is InChI=1S/C46H29NS2/c1-2-11-32(12-3-1)37-15-8-16-39-40-17-9-18-42(46(40)49-45(37)39)47(36-26-27-44-41(29-36)38-14-6-7-19-43(38)48-44)35-24-22-31(23-25-35)34-21-20-30-10-4-5-13-33(30)28-34/h1-29H. The second-order valence-electron chi connectivity index (χ2n) is 12.5. The molecule has 49 heavy (non-hydrogen) atoms. The number of nitrogens with zero attached hydrogens (tertiary/aromatic N) is 1. The lowest BCUT2D eigenvalue weighted by atomic mass is 10.0. The molecular formula is C46H29NS2. The van der Waals surface area contributed by atoms with E-state index in [1.807, 2.05) is 22.7 Å². The van der Waals surface area contributed by atoms with Gasteiger partial charge in [0.05, 0.1) is 10.4 Å². The summed E-state index contributed by atoms with van der Waals surface area (Å²) in [5, 5.41) is 7.71. The number of hydrogen-bond acceptors (Lipinski definition) is 3. The van der Waals surface area contributed by atoms with Crippen molar-refractivity contribution in [2.24, 2.45) is 0 Å². The number of fused-ring (bicyclic) bond motifs is 7. The van der Waals surface area contributed by atoms with Crippen LogP contribution in [0.5, 0.6) is 0 Å². The lowest BCUT2D eigenvalue weighted by molar-refractivity contribution is 1.31. The number of anilines is 3. The van der Waals surface area contributed by atoms with Gasteiger partial charge in [0.25, 0.3) is 0 Å². The van der Waals surface area contributed by atoms with Crippen LogP contribution in [0.4, 0.5) is 17.1 Å². The monoisotopic (exact) mass is 659 g/mol. The summed E-state index contributed by atoms with van der Waals surface area (Å²) in [6.07, 6.45) is 0. The molecule has 0 saturated carbocycles. The van der Waals surface area contributed by atoms with Crippen LogP contribution in [0.2, 0.25) is 0 Å². The molecule has 2 aromatic heterocycles. The molecule has 230 valence electrons. The van der Waals surface area contributed by atoms with Crippen LogP contribution in [0.1, 0.15) is 0 Å². The Hall–Kier alpha value is -5.74. The number of hydrogen-bond donors (Lipinski definition) is 0. The zero-order valence-corrected chi connectivity index (χ0v) is 28.1. The Kier molecular flexibility index (Phi) is 6.61. The summed E-state index contributed by atoms with van der Waals surface area (Å²) in [4.78, 5) is 2.45. The molecule has 0 N–H and O–H groups in total. The van der Waals surface area contributed by atoms with Crippen LogP contribution >= 0.6 is 22.7 Å². The summed E-state index contributed by atoms with van der Waals surface area (Å²) < 4.78 is 5.24. The molecule has 0 amide bonds. The zero-order chi connectivity index (χ0) is 32.3. The Bertz CT molecular complexity index is 2830. The minimum atomic E-state index is 1.14. The number of rotatable bonds is 5. The summed E-state index contributed by atoms with van der Waals surface area (Å²) in [6, 6.07) is 64.4. The molecule has 0 bridgehead atoms. The van der Waals surface area contributed by atoms with Gasteiger partial charge in [-0.05, 0) is 81.6 Å². The Labute approximate surface area is 292 Å². The number of thiophene rings is 2. The highest BCUT2D eigenvalue weighted by molar-refractivity contribution is 7.27. The Morgan fingerprint density at radius 1 is 0.347 bits per heavy atom. The molecule has 10 aromatic rings. The summed E-state index contributed by atoms with van der Waals surface area (Å²) in [6.45, 7) is 0. The molecule has 3 heteroatoms. The first-order valence-corrected chi connectivity index (χ1v) is 18.2. The third kappa shape index (κ3) is 4.74. The maximum absolute atomic E-state index is 2.45. The van der Waals surface area contributed by atoms with Crippen LogP contribution in [-0.4, -0.2) is 0 Å². The van der Waals surface area contributed by atoms with Crippen molar-refractivity contribution in [1.29, 1.82) is 0 Å². The van der Waals surface area contributed by atoms with Gasteiger partial charge in [-0.15, -0.1) is 22.7 Å². The largest absolute Gasteiger partial charge is 0.309 e. The lowest BCUT2D eigenvalue weighted by Crippen LogP contribution is -2.10. The quantitative estimate of drug-likeness (QED) is 0.178. The SMILES string of the molecule is c1ccc(-c2cccc3c2sc2c(N(c4ccc(-c5ccc6ccccc6c5)cc4)c4ccc5sc6ccccc6c5c4)cccc23)cc1. The first-order chi connectivity index (χ1) is 24.3. The highest BCUT2D eigenvalue weighted by Crippen LogP contribution is 2.48. The predicted octanol–water partition coefficient (Wildman–Crippen LogP) is 14.4. The van der Waals surface area contributed by atoms with Crippen LogP contribution in [0.15, 0.2) is 176 Å². The van der Waals surface area contributed by atoms with Crippen LogP contribution in [-0.2, 0) is 0 Å². The van der Waals surface area contributed by atoms with Gasteiger partial charge in [-0.25, -0.2) is 0 Å². The topological polar surface area (TPSA) is 3.24 Å².